The molecular weight excluding hydrogens is 274 g/mol. The minimum absolute atomic E-state index is 0.314. The molecule has 3 heteroatoms. The van der Waals surface area contributed by atoms with Gasteiger partial charge < -0.3 is 15.6 Å². The first-order valence-electron chi connectivity index (χ1n) is 7.87. The van der Waals surface area contributed by atoms with Crippen LogP contribution in [0.3, 0.4) is 0 Å². The van der Waals surface area contributed by atoms with Crippen molar-refractivity contribution in [3.05, 3.63) is 65.7 Å². The smallest absolute Gasteiger partial charge is 0.119 e. The summed E-state index contributed by atoms with van der Waals surface area (Å²) in [6.45, 7) is 3.02. The Labute approximate surface area is 132 Å². The molecule has 0 saturated carbocycles. The molecule has 0 saturated heterocycles. The van der Waals surface area contributed by atoms with Crippen molar-refractivity contribution in [1.82, 2.24) is 0 Å². The maximum Gasteiger partial charge on any atom is 0.119 e. The van der Waals surface area contributed by atoms with Gasteiger partial charge in [-0.25, -0.2) is 0 Å². The highest BCUT2D eigenvalue weighted by Crippen LogP contribution is 2.26. The molecule has 0 bridgehead atoms. The van der Waals surface area contributed by atoms with E-state index < -0.39 is 6.10 Å². The van der Waals surface area contributed by atoms with Gasteiger partial charge in [-0.05, 0) is 42.0 Å². The summed E-state index contributed by atoms with van der Waals surface area (Å²) >= 11 is 0. The van der Waals surface area contributed by atoms with Gasteiger partial charge >= 0.3 is 0 Å². The Morgan fingerprint density at radius 1 is 1.05 bits per heavy atom. The van der Waals surface area contributed by atoms with Crippen molar-refractivity contribution < 1.29 is 9.84 Å². The van der Waals surface area contributed by atoms with Crippen molar-refractivity contribution in [3.8, 4) is 5.75 Å². The lowest BCUT2D eigenvalue weighted by atomic mass is 9.91. The molecule has 0 aliphatic rings. The number of aliphatic hydroxyl groups excluding tert-OH is 1. The molecular formula is C19H25NO2. The Morgan fingerprint density at radius 2 is 1.73 bits per heavy atom. The molecule has 0 amide bonds. The molecule has 0 aliphatic heterocycles. The van der Waals surface area contributed by atoms with E-state index in [0.717, 1.165) is 17.7 Å². The molecule has 22 heavy (non-hydrogen) atoms. The minimum Gasteiger partial charge on any atom is -0.489 e. The van der Waals surface area contributed by atoms with Crippen LogP contribution in [-0.4, -0.2) is 17.8 Å². The second kappa shape index (κ2) is 8.57. The summed E-state index contributed by atoms with van der Waals surface area (Å²) in [4.78, 5) is 0. The third-order valence-electron chi connectivity index (χ3n) is 3.92. The predicted molar refractivity (Wildman–Crippen MR) is 89.9 cm³/mol. The summed E-state index contributed by atoms with van der Waals surface area (Å²) in [6.07, 6.45) is 1.26. The SMILES string of the molecule is CCC(CC(O)CN)c1ccc(OCc2ccccc2)cc1. The van der Waals surface area contributed by atoms with Gasteiger partial charge in [0, 0.05) is 6.54 Å². The molecule has 3 nitrogen and oxygen atoms in total. The van der Waals surface area contributed by atoms with Crippen LogP contribution < -0.4 is 10.5 Å². The average molecular weight is 299 g/mol. The lowest BCUT2D eigenvalue weighted by Gasteiger charge is -2.18. The van der Waals surface area contributed by atoms with Gasteiger partial charge in [-0.3, -0.25) is 0 Å². The van der Waals surface area contributed by atoms with Gasteiger partial charge in [-0.1, -0.05) is 49.4 Å². The highest BCUT2D eigenvalue weighted by Gasteiger charge is 2.14. The number of hydrogen-bond donors (Lipinski definition) is 2. The van der Waals surface area contributed by atoms with Gasteiger partial charge in [0.1, 0.15) is 12.4 Å². The molecule has 0 aromatic heterocycles. The Balaban J connectivity index is 1.94. The van der Waals surface area contributed by atoms with Gasteiger partial charge in [0.25, 0.3) is 0 Å². The topological polar surface area (TPSA) is 55.5 Å². The first-order valence-corrected chi connectivity index (χ1v) is 7.87. The number of rotatable bonds is 8. The minimum atomic E-state index is -0.432. The third-order valence-corrected chi connectivity index (χ3v) is 3.92. The third kappa shape index (κ3) is 4.86. The molecule has 0 spiro atoms. The van der Waals surface area contributed by atoms with Gasteiger partial charge in [-0.15, -0.1) is 0 Å². The molecule has 0 heterocycles. The Morgan fingerprint density at radius 3 is 2.32 bits per heavy atom. The van der Waals surface area contributed by atoms with Crippen molar-refractivity contribution in [3.63, 3.8) is 0 Å². The van der Waals surface area contributed by atoms with Crippen LogP contribution in [0.25, 0.3) is 0 Å². The van der Waals surface area contributed by atoms with Crippen LogP contribution in [0.5, 0.6) is 5.75 Å². The van der Waals surface area contributed by atoms with E-state index in [-0.39, 0.29) is 0 Å². The van der Waals surface area contributed by atoms with Crippen molar-refractivity contribution in [1.29, 1.82) is 0 Å². The van der Waals surface area contributed by atoms with Crippen LogP contribution in [0.15, 0.2) is 54.6 Å². The van der Waals surface area contributed by atoms with E-state index in [9.17, 15) is 5.11 Å². The van der Waals surface area contributed by atoms with Crippen molar-refractivity contribution in [2.45, 2.75) is 38.4 Å². The van der Waals surface area contributed by atoms with Crippen molar-refractivity contribution in [2.24, 2.45) is 5.73 Å². The van der Waals surface area contributed by atoms with Gasteiger partial charge in [-0.2, -0.15) is 0 Å². The number of hydrogen-bond acceptors (Lipinski definition) is 3. The van der Waals surface area contributed by atoms with Crippen LogP contribution in [0.2, 0.25) is 0 Å². The number of ether oxygens (including phenoxy) is 1. The van der Waals surface area contributed by atoms with E-state index in [1.807, 2.05) is 30.3 Å². The van der Waals surface area contributed by atoms with Gasteiger partial charge in [0.2, 0.25) is 0 Å². The van der Waals surface area contributed by atoms with E-state index >= 15 is 0 Å². The van der Waals surface area contributed by atoms with E-state index in [2.05, 4.69) is 31.2 Å². The van der Waals surface area contributed by atoms with Crippen molar-refractivity contribution >= 4 is 0 Å². The van der Waals surface area contributed by atoms with E-state index in [1.165, 1.54) is 5.56 Å². The molecule has 2 aromatic rings. The number of aliphatic hydroxyl groups is 1. The zero-order chi connectivity index (χ0) is 15.8. The van der Waals surface area contributed by atoms with Crippen LogP contribution in [0, 0.1) is 0 Å². The lowest BCUT2D eigenvalue weighted by Crippen LogP contribution is -2.22. The summed E-state index contributed by atoms with van der Waals surface area (Å²) in [5.74, 6) is 1.20. The maximum absolute atomic E-state index is 9.74. The van der Waals surface area contributed by atoms with Crippen LogP contribution in [-0.2, 0) is 6.61 Å². The quantitative estimate of drug-likeness (QED) is 0.784. The molecule has 2 rings (SSSR count). The summed E-state index contributed by atoms with van der Waals surface area (Å²) in [6, 6.07) is 18.3. The molecule has 2 unspecified atom stereocenters. The summed E-state index contributed by atoms with van der Waals surface area (Å²) in [5, 5.41) is 9.74. The first kappa shape index (κ1) is 16.5. The number of benzene rings is 2. The largest absolute Gasteiger partial charge is 0.489 e. The fourth-order valence-corrected chi connectivity index (χ4v) is 2.54. The fraction of sp³-hybridized carbons (Fsp3) is 0.368. The van der Waals surface area contributed by atoms with Gasteiger partial charge in [0.05, 0.1) is 6.10 Å². The van der Waals surface area contributed by atoms with E-state index in [4.69, 9.17) is 10.5 Å². The summed E-state index contributed by atoms with van der Waals surface area (Å²) in [5.41, 5.74) is 7.88. The molecule has 0 fully saturated rings. The zero-order valence-electron chi connectivity index (χ0n) is 13.1. The lowest BCUT2D eigenvalue weighted by molar-refractivity contribution is 0.162. The normalized spacial score (nSPS) is 13.6. The van der Waals surface area contributed by atoms with Crippen molar-refractivity contribution in [2.75, 3.05) is 6.54 Å². The Kier molecular flexibility index (Phi) is 6.44. The molecule has 118 valence electrons. The van der Waals surface area contributed by atoms with E-state index in [1.54, 1.807) is 0 Å². The summed E-state index contributed by atoms with van der Waals surface area (Å²) < 4.78 is 5.79. The highest BCUT2D eigenvalue weighted by molar-refractivity contribution is 5.30. The van der Waals surface area contributed by atoms with Crippen LogP contribution in [0.4, 0.5) is 0 Å². The number of nitrogens with two attached hydrogens (primary N) is 1. The highest BCUT2D eigenvalue weighted by atomic mass is 16.5. The molecule has 3 N–H and O–H groups in total. The molecule has 2 aromatic carbocycles. The molecule has 0 aliphatic carbocycles. The maximum atomic E-state index is 9.74. The Bertz CT molecular complexity index is 539. The second-order valence-electron chi connectivity index (χ2n) is 5.57. The predicted octanol–water partition coefficient (Wildman–Crippen LogP) is 3.47. The fourth-order valence-electron chi connectivity index (χ4n) is 2.54. The average Bonchev–Trinajstić information content (AvgIpc) is 2.59. The second-order valence-corrected chi connectivity index (χ2v) is 5.57. The van der Waals surface area contributed by atoms with E-state index in [0.29, 0.717) is 25.5 Å². The molecule has 0 radical (unpaired) electrons. The Hall–Kier alpha value is -1.84. The van der Waals surface area contributed by atoms with Gasteiger partial charge in [0.15, 0.2) is 0 Å². The zero-order valence-corrected chi connectivity index (χ0v) is 13.1. The van der Waals surface area contributed by atoms with Crippen LogP contribution >= 0.6 is 0 Å². The summed E-state index contributed by atoms with van der Waals surface area (Å²) in [7, 11) is 0. The molecule has 2 atom stereocenters. The standard InChI is InChI=1S/C19H25NO2/c1-2-16(12-18(21)13-20)17-8-10-19(11-9-17)22-14-15-6-4-3-5-7-15/h3-11,16,18,21H,2,12-14,20H2,1H3. The first-order chi connectivity index (χ1) is 10.7. The van der Waals surface area contributed by atoms with Crippen LogP contribution in [0.1, 0.15) is 36.8 Å². The monoisotopic (exact) mass is 299 g/mol.